The lowest BCUT2D eigenvalue weighted by Crippen LogP contribution is -2.36. The van der Waals surface area contributed by atoms with E-state index in [0.29, 0.717) is 19.7 Å². The van der Waals surface area contributed by atoms with Crippen LogP contribution >= 0.6 is 0 Å². The van der Waals surface area contributed by atoms with Gasteiger partial charge in [-0.15, -0.1) is 0 Å². The molecule has 7 nitrogen and oxygen atoms in total. The molecule has 3 rings (SSSR count). The molecule has 0 spiro atoms. The summed E-state index contributed by atoms with van der Waals surface area (Å²) in [4.78, 5) is 8.27. The summed E-state index contributed by atoms with van der Waals surface area (Å²) in [7, 11) is 1.77. The van der Waals surface area contributed by atoms with Gasteiger partial charge < -0.3 is 15.4 Å². The highest BCUT2D eigenvalue weighted by molar-refractivity contribution is 5.79. The molecule has 2 N–H and O–H groups in total. The van der Waals surface area contributed by atoms with E-state index >= 15 is 0 Å². The summed E-state index contributed by atoms with van der Waals surface area (Å²) in [6, 6.07) is 14.4. The minimum atomic E-state index is 0.639. The zero-order valence-electron chi connectivity index (χ0n) is 16.5. The van der Waals surface area contributed by atoms with Gasteiger partial charge in [0.05, 0.1) is 12.3 Å². The summed E-state index contributed by atoms with van der Waals surface area (Å²) < 4.78 is 7.47. The molecular weight excluding hydrogens is 352 g/mol. The summed E-state index contributed by atoms with van der Waals surface area (Å²) in [6.45, 7) is 6.01. The molecule has 146 valence electrons. The maximum Gasteiger partial charge on any atom is 0.191 e. The number of rotatable bonds is 7. The molecule has 28 heavy (non-hydrogen) atoms. The summed E-state index contributed by atoms with van der Waals surface area (Å²) in [6.07, 6.45) is 3.21. The predicted molar refractivity (Wildman–Crippen MR) is 111 cm³/mol. The van der Waals surface area contributed by atoms with Crippen molar-refractivity contribution >= 4 is 5.96 Å². The van der Waals surface area contributed by atoms with Crippen LogP contribution in [-0.2, 0) is 13.1 Å². The molecule has 1 aromatic heterocycles. The van der Waals surface area contributed by atoms with E-state index in [2.05, 4.69) is 63.0 Å². The molecule has 3 aromatic rings. The van der Waals surface area contributed by atoms with Crippen molar-refractivity contribution in [3.63, 3.8) is 0 Å². The van der Waals surface area contributed by atoms with E-state index < -0.39 is 0 Å². The number of hydrogen-bond donors (Lipinski definition) is 2. The molecule has 0 saturated heterocycles. The molecule has 2 aromatic carbocycles. The number of ether oxygens (including phenoxy) is 1. The molecule has 0 bridgehead atoms. The highest BCUT2D eigenvalue weighted by Crippen LogP contribution is 2.20. The number of aromatic nitrogens is 3. The molecule has 0 aliphatic carbocycles. The first-order valence-corrected chi connectivity index (χ1v) is 9.30. The first-order chi connectivity index (χ1) is 13.7. The SMILES string of the molecule is CCOc1cc(C)ccc1CNC(=NC)NCc1ccc(-n2cncn2)cc1. The third kappa shape index (κ3) is 5.09. The van der Waals surface area contributed by atoms with Crippen molar-refractivity contribution in [3.05, 3.63) is 71.8 Å². The Morgan fingerprint density at radius 3 is 2.57 bits per heavy atom. The van der Waals surface area contributed by atoms with Crippen LogP contribution in [0.1, 0.15) is 23.6 Å². The lowest BCUT2D eigenvalue weighted by atomic mass is 10.1. The van der Waals surface area contributed by atoms with Gasteiger partial charge in [-0.05, 0) is 43.2 Å². The molecule has 0 saturated carbocycles. The second kappa shape index (κ2) is 9.55. The molecule has 1 heterocycles. The average molecular weight is 378 g/mol. The third-order valence-corrected chi connectivity index (χ3v) is 4.27. The molecule has 7 heteroatoms. The Kier molecular flexibility index (Phi) is 6.62. The topological polar surface area (TPSA) is 76.4 Å². The molecule has 0 atom stereocenters. The van der Waals surface area contributed by atoms with E-state index in [9.17, 15) is 0 Å². The van der Waals surface area contributed by atoms with E-state index in [1.165, 1.54) is 11.9 Å². The van der Waals surface area contributed by atoms with Gasteiger partial charge in [-0.25, -0.2) is 9.67 Å². The number of aliphatic imine (C=N–C) groups is 1. The van der Waals surface area contributed by atoms with Crippen molar-refractivity contribution < 1.29 is 4.74 Å². The Bertz CT molecular complexity index is 903. The Labute approximate surface area is 165 Å². The second-order valence-electron chi connectivity index (χ2n) is 6.33. The van der Waals surface area contributed by atoms with Crippen molar-refractivity contribution in [3.8, 4) is 11.4 Å². The maximum absolute atomic E-state index is 5.74. The fourth-order valence-electron chi connectivity index (χ4n) is 2.79. The average Bonchev–Trinajstić information content (AvgIpc) is 3.25. The lowest BCUT2D eigenvalue weighted by molar-refractivity contribution is 0.336. The van der Waals surface area contributed by atoms with Crippen LogP contribution < -0.4 is 15.4 Å². The number of nitrogens with one attached hydrogen (secondary N) is 2. The Morgan fingerprint density at radius 2 is 1.89 bits per heavy atom. The van der Waals surface area contributed by atoms with Gasteiger partial charge in [0.2, 0.25) is 0 Å². The largest absolute Gasteiger partial charge is 0.494 e. The van der Waals surface area contributed by atoms with E-state index in [-0.39, 0.29) is 0 Å². The van der Waals surface area contributed by atoms with Crippen LogP contribution in [-0.4, -0.2) is 34.4 Å². The van der Waals surface area contributed by atoms with Crippen LogP contribution in [0, 0.1) is 6.92 Å². The molecule has 0 amide bonds. The van der Waals surface area contributed by atoms with Crippen molar-refractivity contribution in [1.29, 1.82) is 0 Å². The highest BCUT2D eigenvalue weighted by atomic mass is 16.5. The molecule has 0 fully saturated rings. The summed E-state index contributed by atoms with van der Waals surface area (Å²) >= 11 is 0. The van der Waals surface area contributed by atoms with Crippen LogP contribution in [0.3, 0.4) is 0 Å². The van der Waals surface area contributed by atoms with E-state index in [1.54, 1.807) is 18.1 Å². The summed E-state index contributed by atoms with van der Waals surface area (Å²) in [5, 5.41) is 10.8. The number of guanidine groups is 1. The first-order valence-electron chi connectivity index (χ1n) is 9.30. The zero-order chi connectivity index (χ0) is 19.8. The number of benzene rings is 2. The van der Waals surface area contributed by atoms with Gasteiger partial charge in [0.1, 0.15) is 18.4 Å². The van der Waals surface area contributed by atoms with Crippen LogP contribution in [0.2, 0.25) is 0 Å². The van der Waals surface area contributed by atoms with E-state index in [1.807, 2.05) is 19.1 Å². The fraction of sp³-hybridized carbons (Fsp3) is 0.286. The second-order valence-corrected chi connectivity index (χ2v) is 6.33. The van der Waals surface area contributed by atoms with Gasteiger partial charge in [-0.1, -0.05) is 24.3 Å². The van der Waals surface area contributed by atoms with Crippen molar-refractivity contribution in [2.45, 2.75) is 26.9 Å². The van der Waals surface area contributed by atoms with Gasteiger partial charge in [-0.2, -0.15) is 5.10 Å². The smallest absolute Gasteiger partial charge is 0.191 e. The van der Waals surface area contributed by atoms with Crippen LogP contribution in [0.4, 0.5) is 0 Å². The monoisotopic (exact) mass is 378 g/mol. The highest BCUT2D eigenvalue weighted by Gasteiger charge is 2.06. The van der Waals surface area contributed by atoms with Gasteiger partial charge in [-0.3, -0.25) is 4.99 Å². The summed E-state index contributed by atoms with van der Waals surface area (Å²) in [5.41, 5.74) is 4.42. The standard InChI is InChI=1S/C21H26N6O/c1-4-28-20-11-16(2)5-8-18(20)13-25-21(22-3)24-12-17-6-9-19(10-7-17)27-15-23-14-26-27/h5-11,14-15H,4,12-13H2,1-3H3,(H2,22,24,25). The minimum Gasteiger partial charge on any atom is -0.494 e. The molecule has 0 unspecified atom stereocenters. The van der Waals surface area contributed by atoms with Gasteiger partial charge in [0, 0.05) is 25.7 Å². The van der Waals surface area contributed by atoms with Gasteiger partial charge >= 0.3 is 0 Å². The van der Waals surface area contributed by atoms with Crippen molar-refractivity contribution in [2.24, 2.45) is 4.99 Å². The quantitative estimate of drug-likeness (QED) is 0.488. The molecule has 0 radical (unpaired) electrons. The lowest BCUT2D eigenvalue weighted by Gasteiger charge is -2.15. The Hall–Kier alpha value is -3.35. The Balaban J connectivity index is 1.55. The fourth-order valence-corrected chi connectivity index (χ4v) is 2.79. The number of aryl methyl sites for hydroxylation is 1. The molecule has 0 aliphatic rings. The van der Waals surface area contributed by atoms with E-state index in [4.69, 9.17) is 4.74 Å². The summed E-state index contributed by atoms with van der Waals surface area (Å²) in [5.74, 6) is 1.65. The van der Waals surface area contributed by atoms with Crippen molar-refractivity contribution in [1.82, 2.24) is 25.4 Å². The predicted octanol–water partition coefficient (Wildman–Crippen LogP) is 2.84. The first kappa shape index (κ1) is 19.4. The maximum atomic E-state index is 5.74. The van der Waals surface area contributed by atoms with Crippen LogP contribution in [0.25, 0.3) is 5.69 Å². The van der Waals surface area contributed by atoms with Crippen LogP contribution in [0.15, 0.2) is 60.1 Å². The third-order valence-electron chi connectivity index (χ3n) is 4.27. The van der Waals surface area contributed by atoms with Gasteiger partial charge in [0.25, 0.3) is 0 Å². The van der Waals surface area contributed by atoms with Gasteiger partial charge in [0.15, 0.2) is 5.96 Å². The van der Waals surface area contributed by atoms with E-state index in [0.717, 1.165) is 28.5 Å². The van der Waals surface area contributed by atoms with Crippen molar-refractivity contribution in [2.75, 3.05) is 13.7 Å². The Morgan fingerprint density at radius 1 is 1.11 bits per heavy atom. The normalized spacial score (nSPS) is 11.3. The molecular formula is C21H26N6O. The zero-order valence-corrected chi connectivity index (χ0v) is 16.5. The minimum absolute atomic E-state index is 0.639. The number of hydrogen-bond acceptors (Lipinski definition) is 4. The van der Waals surface area contributed by atoms with Crippen LogP contribution in [0.5, 0.6) is 5.75 Å². The number of nitrogens with zero attached hydrogens (tertiary/aromatic N) is 4. The molecule has 0 aliphatic heterocycles.